The average molecular weight is 963 g/mol. The van der Waals surface area contributed by atoms with Crippen molar-refractivity contribution in [1.82, 2.24) is 4.98 Å². The van der Waals surface area contributed by atoms with E-state index in [1.54, 1.807) is 0 Å². The molecule has 5 heteroatoms. The molecule has 3 nitrogen and oxygen atoms in total. The molecule has 0 bridgehead atoms. The molecule has 1 radical (unpaired) electrons. The smallest absolute Gasteiger partial charge is 0.162 e. The van der Waals surface area contributed by atoms with Gasteiger partial charge in [0, 0.05) is 59.5 Å². The number of benzene rings is 3. The number of aliphatic hydroxyl groups excluding tert-OH is 1. The number of aromatic nitrogens is 1. The fraction of sp³-hybridized carbons (Fsp3) is 0.500. The Morgan fingerprint density at radius 2 is 1.46 bits per heavy atom. The standard InChI is InChI=1S/C39H44NS.C13H24O2.Ir/c1-37(2,3)32-24-29(23-28-11-9-10-12-30(28)32)34-36-31(19-22-40-34)33(38(4,5)6)35(41-36)27-15-13-25(14-16-27)26-17-20-39(7,8)21-18-26;1-5-10(6-2)12(14)9-13(15)11(7-3)8-4;/h9-16,19,22,24,26H,17-18,20-21H2,1-8H3;9-11,14H,5-8H2,1-4H3;/q-1;;/b;12-9-;. The van der Waals surface area contributed by atoms with Gasteiger partial charge in [0.15, 0.2) is 5.78 Å². The van der Waals surface area contributed by atoms with Crippen molar-refractivity contribution in [2.75, 3.05) is 0 Å². The Morgan fingerprint density at radius 1 is 0.860 bits per heavy atom. The SMILES string of the molecule is CC1(C)CCC(c2ccc(-c3sc4c(-c5[c-]c6ccccc6c(C(C)(C)C)c5)nccc4c3C(C)(C)C)cc2)CC1.CCC(CC)C(=O)/C=C(\O)C(CC)CC.[Ir]. The minimum absolute atomic E-state index is 0. The van der Waals surface area contributed by atoms with Crippen LogP contribution in [-0.2, 0) is 35.7 Å². The van der Waals surface area contributed by atoms with E-state index in [0.717, 1.165) is 42.3 Å². The first kappa shape index (κ1) is 46.6. The van der Waals surface area contributed by atoms with Crippen LogP contribution >= 0.6 is 11.3 Å². The van der Waals surface area contributed by atoms with Crippen molar-refractivity contribution in [3.05, 3.63) is 101 Å². The first-order valence-corrected chi connectivity index (χ1v) is 22.2. The van der Waals surface area contributed by atoms with Gasteiger partial charge in [-0.1, -0.05) is 136 Å². The first-order chi connectivity index (χ1) is 26.4. The van der Waals surface area contributed by atoms with Gasteiger partial charge >= 0.3 is 0 Å². The third kappa shape index (κ3) is 10.9. The van der Waals surface area contributed by atoms with Gasteiger partial charge in [0.1, 0.15) is 0 Å². The number of carbonyl (C=O) groups is 1. The van der Waals surface area contributed by atoms with Crippen LogP contribution in [0.2, 0.25) is 0 Å². The number of aliphatic hydroxyl groups is 1. The molecule has 1 aliphatic rings. The van der Waals surface area contributed by atoms with E-state index in [9.17, 15) is 9.90 Å². The first-order valence-electron chi connectivity index (χ1n) is 21.3. The molecule has 309 valence electrons. The second-order valence-electron chi connectivity index (χ2n) is 19.0. The quantitative estimate of drug-likeness (QED) is 0.0862. The van der Waals surface area contributed by atoms with Crippen molar-refractivity contribution < 1.29 is 30.0 Å². The summed E-state index contributed by atoms with van der Waals surface area (Å²) < 4.78 is 1.26. The monoisotopic (exact) mass is 963 g/mol. The average Bonchev–Trinajstić information content (AvgIpc) is 3.56. The summed E-state index contributed by atoms with van der Waals surface area (Å²) in [5, 5.41) is 13.5. The molecule has 0 amide bonds. The number of nitrogens with zero attached hydrogens (tertiary/aromatic N) is 1. The van der Waals surface area contributed by atoms with Gasteiger partial charge in [-0.25, -0.2) is 0 Å². The predicted octanol–water partition coefficient (Wildman–Crippen LogP) is 15.7. The van der Waals surface area contributed by atoms with Gasteiger partial charge in [0.25, 0.3) is 0 Å². The molecule has 2 aromatic heterocycles. The Kier molecular flexibility index (Phi) is 15.8. The predicted molar refractivity (Wildman–Crippen MR) is 243 cm³/mol. The summed E-state index contributed by atoms with van der Waals surface area (Å²) in [5.41, 5.74) is 8.24. The number of thiophene rings is 1. The summed E-state index contributed by atoms with van der Waals surface area (Å²) in [7, 11) is 0. The van der Waals surface area contributed by atoms with E-state index in [0.29, 0.717) is 11.3 Å². The number of pyridine rings is 1. The van der Waals surface area contributed by atoms with Gasteiger partial charge in [-0.3, -0.25) is 9.78 Å². The summed E-state index contributed by atoms with van der Waals surface area (Å²) in [6, 6.07) is 26.5. The summed E-state index contributed by atoms with van der Waals surface area (Å²) in [6.07, 6.45) is 12.2. The summed E-state index contributed by atoms with van der Waals surface area (Å²) in [6.45, 7) is 26.8. The van der Waals surface area contributed by atoms with Crippen molar-refractivity contribution in [2.24, 2.45) is 17.3 Å². The van der Waals surface area contributed by atoms with Gasteiger partial charge in [-0.2, -0.15) is 0 Å². The number of hydrogen-bond donors (Lipinski definition) is 1. The van der Waals surface area contributed by atoms with Crippen molar-refractivity contribution in [3.63, 3.8) is 0 Å². The van der Waals surface area contributed by atoms with Gasteiger partial charge in [0.05, 0.1) is 5.76 Å². The molecule has 0 atom stereocenters. The zero-order chi connectivity index (χ0) is 41.0. The minimum atomic E-state index is 0. The molecule has 6 rings (SSSR count). The Balaban J connectivity index is 0.000000385. The molecule has 1 N–H and O–H groups in total. The molecule has 1 saturated carbocycles. The van der Waals surface area contributed by atoms with Gasteiger partial charge in [-0.05, 0) is 102 Å². The van der Waals surface area contributed by atoms with Crippen LogP contribution in [0.1, 0.15) is 157 Å². The number of hydrogen-bond acceptors (Lipinski definition) is 4. The van der Waals surface area contributed by atoms with E-state index < -0.39 is 0 Å². The zero-order valence-corrected chi connectivity index (χ0v) is 40.1. The van der Waals surface area contributed by atoms with Crippen LogP contribution in [0.25, 0.3) is 42.6 Å². The Labute approximate surface area is 362 Å². The molecule has 57 heavy (non-hydrogen) atoms. The van der Waals surface area contributed by atoms with Gasteiger partial charge in [-0.15, -0.1) is 40.5 Å². The molecule has 3 aromatic carbocycles. The molecule has 0 aliphatic heterocycles. The number of carbonyl (C=O) groups excluding carboxylic acids is 1. The molecule has 5 aromatic rings. The third-order valence-electron chi connectivity index (χ3n) is 12.3. The number of ketones is 1. The zero-order valence-electron chi connectivity index (χ0n) is 36.9. The van der Waals surface area contributed by atoms with Crippen LogP contribution in [0.15, 0.2) is 78.7 Å². The maximum atomic E-state index is 11.7. The summed E-state index contributed by atoms with van der Waals surface area (Å²) in [4.78, 5) is 18.1. The second kappa shape index (κ2) is 19.3. The third-order valence-corrected chi connectivity index (χ3v) is 13.5. The maximum absolute atomic E-state index is 11.7. The van der Waals surface area contributed by atoms with Crippen LogP contribution in [0.4, 0.5) is 0 Å². The minimum Gasteiger partial charge on any atom is -0.512 e. The van der Waals surface area contributed by atoms with E-state index in [1.165, 1.54) is 74.4 Å². The van der Waals surface area contributed by atoms with Crippen molar-refractivity contribution in [1.29, 1.82) is 0 Å². The molecule has 1 aliphatic carbocycles. The number of rotatable bonds is 10. The van der Waals surface area contributed by atoms with E-state index in [-0.39, 0.29) is 54.3 Å². The molecular weight excluding hydrogens is 895 g/mol. The normalized spacial score (nSPS) is 15.2. The summed E-state index contributed by atoms with van der Waals surface area (Å²) >= 11 is 1.90. The topological polar surface area (TPSA) is 50.2 Å². The number of allylic oxidation sites excluding steroid dienone is 2. The van der Waals surface area contributed by atoms with Crippen molar-refractivity contribution >= 4 is 38.0 Å². The van der Waals surface area contributed by atoms with Crippen LogP contribution < -0.4 is 0 Å². The molecule has 1 fully saturated rings. The molecule has 0 saturated heterocycles. The van der Waals surface area contributed by atoms with Gasteiger partial charge in [0.2, 0.25) is 0 Å². The van der Waals surface area contributed by atoms with E-state index in [1.807, 2.05) is 45.2 Å². The van der Waals surface area contributed by atoms with Gasteiger partial charge < -0.3 is 5.11 Å². The largest absolute Gasteiger partial charge is 0.512 e. The molecule has 2 heterocycles. The fourth-order valence-corrected chi connectivity index (χ4v) is 10.1. The van der Waals surface area contributed by atoms with E-state index in [4.69, 9.17) is 4.98 Å². The van der Waals surface area contributed by atoms with Crippen molar-refractivity contribution in [2.45, 2.75) is 151 Å². The van der Waals surface area contributed by atoms with Crippen LogP contribution in [0.5, 0.6) is 0 Å². The number of fused-ring (bicyclic) bond motifs is 2. The van der Waals surface area contributed by atoms with E-state index >= 15 is 0 Å². The van der Waals surface area contributed by atoms with Crippen molar-refractivity contribution in [3.8, 4) is 21.7 Å². The van der Waals surface area contributed by atoms with Crippen LogP contribution in [0, 0.1) is 23.3 Å². The fourth-order valence-electron chi connectivity index (χ4n) is 8.56. The van der Waals surface area contributed by atoms with Crippen LogP contribution in [0.3, 0.4) is 0 Å². The Hall–Kier alpha value is -3.11. The maximum Gasteiger partial charge on any atom is 0.162 e. The second-order valence-corrected chi connectivity index (χ2v) is 20.1. The Morgan fingerprint density at radius 3 is 2.02 bits per heavy atom. The molecule has 0 unspecified atom stereocenters. The Bertz CT molecular complexity index is 2130. The van der Waals surface area contributed by atoms with E-state index in [2.05, 4.69) is 122 Å². The summed E-state index contributed by atoms with van der Waals surface area (Å²) in [5.74, 6) is 1.24. The molecular formula is C52H68IrNO2S-. The molecule has 0 spiro atoms. The van der Waals surface area contributed by atoms with Crippen LogP contribution in [-0.4, -0.2) is 15.9 Å².